The summed E-state index contributed by atoms with van der Waals surface area (Å²) >= 11 is 0. The molecule has 4 aliphatic carbocycles. The fourth-order valence-corrected chi connectivity index (χ4v) is 13.1. The molecule has 0 bridgehead atoms. The minimum absolute atomic E-state index is 0.0523. The molecule has 4 rings (SSSR count). The molecule has 7 atom stereocenters. The third kappa shape index (κ3) is 6.92. The van der Waals surface area contributed by atoms with E-state index < -0.39 is 38.9 Å². The van der Waals surface area contributed by atoms with Crippen LogP contribution in [-0.2, 0) is 22.5 Å². The number of ketones is 1. The summed E-state index contributed by atoms with van der Waals surface area (Å²) in [5, 5.41) is 0. The molecule has 0 saturated heterocycles. The van der Waals surface area contributed by atoms with E-state index in [1.807, 2.05) is 0 Å². The monoisotopic (exact) mass is 650 g/mol. The zero-order valence-electron chi connectivity index (χ0n) is 29.5. The van der Waals surface area contributed by atoms with E-state index in [9.17, 15) is 4.79 Å². The lowest BCUT2D eigenvalue weighted by Gasteiger charge is -2.62. The Bertz CT molecular complexity index is 1110. The maximum atomic E-state index is 14.5. The number of fused-ring (bicyclic) bond motifs is 5. The Morgan fingerprint density at radius 2 is 1.52 bits per heavy atom. The summed E-state index contributed by atoms with van der Waals surface area (Å²) in [6, 6.07) is 0. The van der Waals surface area contributed by atoms with E-state index in [1.54, 1.807) is 5.57 Å². The smallest absolute Gasteiger partial charge is 0.242 e. The third-order valence-corrected chi connectivity index (χ3v) is 14.1. The number of rotatable bonds is 10. The molecule has 0 amide bonds. The Morgan fingerprint density at radius 3 is 2.07 bits per heavy atom. The highest BCUT2D eigenvalue weighted by atomic mass is 28.4. The zero-order valence-corrected chi connectivity index (χ0v) is 33.5. The number of hydrogen-bond acceptors (Lipinski definition) is 5. The summed E-state index contributed by atoms with van der Waals surface area (Å²) in [5.74, 6) is 2.65. The van der Waals surface area contributed by atoms with Crippen molar-refractivity contribution >= 4 is 39.1 Å². The van der Waals surface area contributed by atoms with Crippen LogP contribution in [0.25, 0.3) is 0 Å². The van der Waals surface area contributed by atoms with E-state index in [-0.39, 0.29) is 29.3 Å². The number of carbonyl (C=O) groups excluding carboxylic acids is 1. The van der Waals surface area contributed by atoms with Gasteiger partial charge in [-0.2, -0.15) is 0 Å². The van der Waals surface area contributed by atoms with Gasteiger partial charge < -0.3 is 17.7 Å². The second-order valence-electron chi connectivity index (χ2n) is 18.2. The van der Waals surface area contributed by atoms with Gasteiger partial charge in [-0.25, -0.2) is 0 Å². The standard InChI is InChI=1S/C33H62O5Si4/c1-31-19-17-25(36-40(6,7)8)21-24(31)15-16-26-27-18-20-33(38-42(12,13)14,29(34)23-35-39(3,4)5)32(27,2)22-28(30(26)31)37-41(9,10)11/h17,21,26-28,30H,15-16,18-20,22-23H2,1-14H3/t26?,27?,28-,30?,31-,32-,33-/m0/s1. The number of Topliss-reactive ketones (excluding diaryl/α,β-unsaturated/α-hetero) is 1. The molecular formula is C33H62O5Si4. The molecule has 0 aliphatic heterocycles. The highest BCUT2D eigenvalue weighted by molar-refractivity contribution is 6.71. The second-order valence-corrected chi connectivity index (χ2v) is 36.1. The zero-order chi connectivity index (χ0) is 31.7. The van der Waals surface area contributed by atoms with Gasteiger partial charge in [-0.05, 0) is 152 Å². The van der Waals surface area contributed by atoms with Crippen LogP contribution in [0.5, 0.6) is 0 Å². The summed E-state index contributed by atoms with van der Waals surface area (Å²) in [6.45, 7) is 32.1. The van der Waals surface area contributed by atoms with Gasteiger partial charge in [0.1, 0.15) is 5.60 Å². The van der Waals surface area contributed by atoms with Gasteiger partial charge in [0.2, 0.25) is 8.32 Å². The maximum Gasteiger partial charge on any atom is 0.242 e. The van der Waals surface area contributed by atoms with Gasteiger partial charge in [-0.1, -0.05) is 19.4 Å². The summed E-state index contributed by atoms with van der Waals surface area (Å²) in [5.41, 5.74) is 0.536. The van der Waals surface area contributed by atoms with Crippen LogP contribution in [0, 0.1) is 28.6 Å². The molecular weight excluding hydrogens is 589 g/mol. The van der Waals surface area contributed by atoms with Crippen LogP contribution < -0.4 is 0 Å². The molecule has 240 valence electrons. The van der Waals surface area contributed by atoms with Crippen LogP contribution in [0.4, 0.5) is 0 Å². The number of carbonyl (C=O) groups is 1. The van der Waals surface area contributed by atoms with Gasteiger partial charge in [-0.15, -0.1) is 0 Å². The lowest BCUT2D eigenvalue weighted by Crippen LogP contribution is -2.65. The second kappa shape index (κ2) is 11.2. The van der Waals surface area contributed by atoms with Gasteiger partial charge in [0, 0.05) is 11.5 Å². The van der Waals surface area contributed by atoms with Crippen LogP contribution in [0.15, 0.2) is 23.5 Å². The van der Waals surface area contributed by atoms with Crippen LogP contribution in [0.1, 0.15) is 52.4 Å². The van der Waals surface area contributed by atoms with Crippen molar-refractivity contribution in [1.29, 1.82) is 0 Å². The summed E-state index contributed by atoms with van der Waals surface area (Å²) in [4.78, 5) is 14.5. The normalized spacial score (nSPS) is 37.3. The Kier molecular flexibility index (Phi) is 9.21. The highest BCUT2D eigenvalue weighted by Gasteiger charge is 2.70. The van der Waals surface area contributed by atoms with Crippen LogP contribution in [0.2, 0.25) is 78.6 Å². The Labute approximate surface area is 262 Å². The summed E-state index contributed by atoms with van der Waals surface area (Å²) < 4.78 is 27.2. The van der Waals surface area contributed by atoms with Crippen molar-refractivity contribution in [3.05, 3.63) is 23.5 Å². The molecule has 0 spiro atoms. The van der Waals surface area contributed by atoms with Crippen molar-refractivity contribution < 1.29 is 22.5 Å². The van der Waals surface area contributed by atoms with Gasteiger partial charge >= 0.3 is 0 Å². The third-order valence-electron chi connectivity index (χ3n) is 10.3. The Morgan fingerprint density at radius 1 is 0.881 bits per heavy atom. The minimum atomic E-state index is -2.06. The Hall–Kier alpha value is -0.302. The molecule has 0 aromatic heterocycles. The molecule has 0 aromatic rings. The van der Waals surface area contributed by atoms with E-state index >= 15 is 0 Å². The number of hydrogen-bond donors (Lipinski definition) is 0. The quantitative estimate of drug-likeness (QED) is 0.221. The largest absolute Gasteiger partial charge is 0.545 e. The first-order valence-corrected chi connectivity index (χ1v) is 30.2. The van der Waals surface area contributed by atoms with Gasteiger partial charge in [0.05, 0.1) is 12.4 Å². The summed E-state index contributed by atoms with van der Waals surface area (Å²) in [7, 11) is -7.48. The molecule has 5 nitrogen and oxygen atoms in total. The minimum Gasteiger partial charge on any atom is -0.545 e. The molecule has 9 heteroatoms. The van der Waals surface area contributed by atoms with E-state index in [1.165, 1.54) is 0 Å². The number of allylic oxidation sites excluding steroid dienone is 3. The molecule has 3 fully saturated rings. The fourth-order valence-electron chi connectivity index (χ4n) is 9.07. The highest BCUT2D eigenvalue weighted by Crippen LogP contribution is 2.69. The first-order valence-electron chi connectivity index (χ1n) is 16.5. The lowest BCUT2D eigenvalue weighted by molar-refractivity contribution is -0.174. The van der Waals surface area contributed by atoms with Crippen molar-refractivity contribution in [2.45, 2.75) is 143 Å². The average Bonchev–Trinajstić information content (AvgIpc) is 3.06. The SMILES string of the molecule is C[C@]12CC=C(O[Si](C)(C)C)C=C1CCC1C2[C@@H](O[Si](C)(C)C)C[C@@]2(C)C1CC[C@]2(O[Si](C)(C)C)C(=O)CO[Si](C)(C)C. The van der Waals surface area contributed by atoms with Crippen LogP contribution >= 0.6 is 0 Å². The van der Waals surface area contributed by atoms with Gasteiger partial charge in [0.25, 0.3) is 0 Å². The van der Waals surface area contributed by atoms with E-state index in [4.69, 9.17) is 17.7 Å². The molecule has 3 unspecified atom stereocenters. The predicted molar refractivity (Wildman–Crippen MR) is 185 cm³/mol. The van der Waals surface area contributed by atoms with Gasteiger partial charge in [-0.3, -0.25) is 4.79 Å². The molecule has 0 N–H and O–H groups in total. The van der Waals surface area contributed by atoms with E-state index in [2.05, 4.69) is 105 Å². The van der Waals surface area contributed by atoms with Crippen molar-refractivity contribution in [2.75, 3.05) is 6.61 Å². The molecule has 42 heavy (non-hydrogen) atoms. The summed E-state index contributed by atoms with van der Waals surface area (Å²) in [6.07, 6.45) is 10.9. The van der Waals surface area contributed by atoms with Crippen LogP contribution in [-0.4, -0.2) is 57.4 Å². The average molecular weight is 651 g/mol. The molecule has 3 saturated carbocycles. The van der Waals surface area contributed by atoms with Crippen molar-refractivity contribution in [1.82, 2.24) is 0 Å². The van der Waals surface area contributed by atoms with Gasteiger partial charge in [0.15, 0.2) is 30.7 Å². The van der Waals surface area contributed by atoms with Crippen molar-refractivity contribution in [3.8, 4) is 0 Å². The molecule has 0 heterocycles. The Balaban J connectivity index is 1.77. The molecule has 0 aromatic carbocycles. The lowest BCUT2D eigenvalue weighted by atomic mass is 9.45. The van der Waals surface area contributed by atoms with E-state index in [0.29, 0.717) is 17.8 Å². The fraction of sp³-hybridized carbons (Fsp3) is 0.848. The van der Waals surface area contributed by atoms with Crippen LogP contribution in [0.3, 0.4) is 0 Å². The van der Waals surface area contributed by atoms with Crippen molar-refractivity contribution in [3.63, 3.8) is 0 Å². The predicted octanol–water partition coefficient (Wildman–Crippen LogP) is 9.14. The maximum absolute atomic E-state index is 14.5. The molecule has 4 aliphatic rings. The van der Waals surface area contributed by atoms with Crippen molar-refractivity contribution in [2.24, 2.45) is 28.6 Å². The van der Waals surface area contributed by atoms with E-state index in [0.717, 1.165) is 44.3 Å². The molecule has 0 radical (unpaired) electrons. The topological polar surface area (TPSA) is 54.0 Å². The first-order chi connectivity index (χ1) is 18.9. The first kappa shape index (κ1) is 34.6.